The number of piperidine rings is 1. The number of ether oxygens (including phenoxy) is 1. The molecule has 2 aliphatic heterocycles. The largest absolute Gasteiger partial charge is 0.417 e. The third kappa shape index (κ3) is 6.42. The molecule has 0 unspecified atom stereocenters. The first-order valence-electron chi connectivity index (χ1n) is 17.3. The zero-order chi connectivity index (χ0) is 33.6. The fourth-order valence-corrected chi connectivity index (χ4v) is 8.26. The number of fused-ring (bicyclic) bond motifs is 4. The van der Waals surface area contributed by atoms with Crippen LogP contribution in [0.2, 0.25) is 18.1 Å². The highest BCUT2D eigenvalue weighted by molar-refractivity contribution is 6.74. The lowest BCUT2D eigenvalue weighted by Gasteiger charge is -2.41. The molecule has 7 nitrogen and oxygen atoms in total. The molecule has 1 aromatic heterocycles. The molecule has 3 aliphatic rings. The summed E-state index contributed by atoms with van der Waals surface area (Å²) >= 11 is 0. The van der Waals surface area contributed by atoms with Gasteiger partial charge in [0.25, 0.3) is 0 Å². The van der Waals surface area contributed by atoms with Gasteiger partial charge in [-0.25, -0.2) is 0 Å². The minimum absolute atomic E-state index is 0.0219. The van der Waals surface area contributed by atoms with Gasteiger partial charge in [-0.15, -0.1) is 0 Å². The zero-order valence-electron chi connectivity index (χ0n) is 29.3. The van der Waals surface area contributed by atoms with Gasteiger partial charge in [0.2, 0.25) is 0 Å². The number of anilines is 1. The van der Waals surface area contributed by atoms with E-state index >= 15 is 0 Å². The van der Waals surface area contributed by atoms with Crippen LogP contribution in [0.4, 0.5) is 5.69 Å². The summed E-state index contributed by atoms with van der Waals surface area (Å²) in [5, 5.41) is 10.6. The van der Waals surface area contributed by atoms with Gasteiger partial charge in [0.05, 0.1) is 36.1 Å². The van der Waals surface area contributed by atoms with Crippen molar-refractivity contribution in [1.82, 2.24) is 9.88 Å². The summed E-state index contributed by atoms with van der Waals surface area (Å²) < 4.78 is 12.0. The standard InChI is InChI=1S/C39H50N4O3Si/c1-38(2,3)47(6,7)46-20-10-8-9-11-28-24-31-32(25-34(28)43-16-14-29(15-17-43)42-18-21-45-22-19-42)39(4,5)37-35(36(31)44)30-13-12-27(26-40)23-33(30)41-37/h12-13,23-25,29,41H,8,10,14-22H2,1-7H3. The number of carbonyl (C=O) groups excluding carboxylic acids is 1. The number of ketones is 1. The molecule has 3 heterocycles. The van der Waals surface area contributed by atoms with Crippen LogP contribution < -0.4 is 4.90 Å². The van der Waals surface area contributed by atoms with Crippen molar-refractivity contribution in [1.29, 1.82) is 5.26 Å². The lowest BCUT2D eigenvalue weighted by molar-refractivity contribution is 0.0115. The lowest BCUT2D eigenvalue weighted by Crippen LogP contribution is -2.49. The van der Waals surface area contributed by atoms with Crippen molar-refractivity contribution in [2.24, 2.45) is 0 Å². The topological polar surface area (TPSA) is 81.6 Å². The van der Waals surface area contributed by atoms with E-state index in [1.165, 1.54) is 0 Å². The first kappa shape index (κ1) is 33.5. The maximum absolute atomic E-state index is 14.3. The quantitative estimate of drug-likeness (QED) is 0.171. The Morgan fingerprint density at radius 3 is 2.49 bits per heavy atom. The van der Waals surface area contributed by atoms with Gasteiger partial charge >= 0.3 is 0 Å². The summed E-state index contributed by atoms with van der Waals surface area (Å²) in [7, 11) is -1.79. The molecule has 0 spiro atoms. The van der Waals surface area contributed by atoms with E-state index in [0.717, 1.165) is 111 Å². The van der Waals surface area contributed by atoms with Crippen LogP contribution in [0.5, 0.6) is 0 Å². The number of nitriles is 1. The second-order valence-electron chi connectivity index (χ2n) is 15.5. The smallest absolute Gasteiger partial charge is 0.195 e. The van der Waals surface area contributed by atoms with Crippen LogP contribution in [0.3, 0.4) is 0 Å². The molecule has 248 valence electrons. The molecule has 0 atom stereocenters. The summed E-state index contributed by atoms with van der Waals surface area (Å²) in [5.41, 5.74) is 6.41. The van der Waals surface area contributed by atoms with Crippen LogP contribution in [0.25, 0.3) is 10.9 Å². The van der Waals surface area contributed by atoms with Crippen LogP contribution in [0.1, 0.15) is 98.6 Å². The van der Waals surface area contributed by atoms with Crippen LogP contribution in [-0.4, -0.2) is 76.0 Å². The molecule has 1 N–H and O–H groups in total. The van der Waals surface area contributed by atoms with Crippen LogP contribution in [0, 0.1) is 23.2 Å². The number of benzene rings is 2. The second kappa shape index (κ2) is 12.9. The first-order chi connectivity index (χ1) is 22.3. The molecule has 0 bridgehead atoms. The molecule has 8 heteroatoms. The predicted octanol–water partition coefficient (Wildman–Crippen LogP) is 7.36. The number of unbranched alkanes of at least 4 members (excludes halogenated alkanes) is 1. The highest BCUT2D eigenvalue weighted by atomic mass is 28.4. The molecule has 47 heavy (non-hydrogen) atoms. The number of hydrogen-bond acceptors (Lipinski definition) is 6. The SMILES string of the molecule is CC1(C)c2cc(N3CCC(N4CCOCC4)CC3)c(C#CCCCO[Si](C)(C)C(C)(C)C)cc2C(=O)c2c1[nH]c1cc(C#N)ccc21. The number of aromatic amines is 1. The van der Waals surface area contributed by atoms with Crippen LogP contribution in [-0.2, 0) is 14.6 Å². The van der Waals surface area contributed by atoms with E-state index in [0.29, 0.717) is 17.2 Å². The molecule has 1 aliphatic carbocycles. The summed E-state index contributed by atoms with van der Waals surface area (Å²) in [4.78, 5) is 22.9. The molecule has 2 aromatic carbocycles. The van der Waals surface area contributed by atoms with Gasteiger partial charge in [-0.1, -0.05) is 52.5 Å². The van der Waals surface area contributed by atoms with Gasteiger partial charge in [0.15, 0.2) is 14.1 Å². The first-order valence-corrected chi connectivity index (χ1v) is 20.2. The molecule has 2 saturated heterocycles. The zero-order valence-corrected chi connectivity index (χ0v) is 30.3. The van der Waals surface area contributed by atoms with E-state index in [4.69, 9.17) is 9.16 Å². The molecule has 3 aromatic rings. The maximum Gasteiger partial charge on any atom is 0.195 e. The molecular formula is C39H50N4O3Si. The van der Waals surface area contributed by atoms with Gasteiger partial charge in [0, 0.05) is 78.4 Å². The van der Waals surface area contributed by atoms with Gasteiger partial charge in [-0.05, 0) is 67.2 Å². The molecule has 2 fully saturated rings. The Morgan fingerprint density at radius 2 is 1.81 bits per heavy atom. The van der Waals surface area contributed by atoms with Crippen molar-refractivity contribution in [3.05, 3.63) is 63.8 Å². The average molecular weight is 651 g/mol. The fourth-order valence-electron chi connectivity index (χ4n) is 7.17. The van der Waals surface area contributed by atoms with Crippen LogP contribution in [0.15, 0.2) is 30.3 Å². The lowest BCUT2D eigenvalue weighted by atomic mass is 9.70. The summed E-state index contributed by atoms with van der Waals surface area (Å²) in [6.45, 7) is 22.1. The second-order valence-corrected chi connectivity index (χ2v) is 20.3. The summed E-state index contributed by atoms with van der Waals surface area (Å²) in [6.07, 6.45) is 3.84. The van der Waals surface area contributed by atoms with Crippen molar-refractivity contribution in [3.63, 3.8) is 0 Å². The Kier molecular flexibility index (Phi) is 9.19. The minimum atomic E-state index is -1.79. The number of hydrogen-bond donors (Lipinski definition) is 1. The average Bonchev–Trinajstić information content (AvgIpc) is 3.45. The Balaban J connectivity index is 1.32. The van der Waals surface area contributed by atoms with Crippen molar-refractivity contribution in [3.8, 4) is 17.9 Å². The van der Waals surface area contributed by atoms with Crippen molar-refractivity contribution in [2.45, 2.75) is 89.9 Å². The van der Waals surface area contributed by atoms with E-state index < -0.39 is 13.7 Å². The number of aromatic nitrogens is 1. The molecular weight excluding hydrogens is 601 g/mol. The monoisotopic (exact) mass is 650 g/mol. The van der Waals surface area contributed by atoms with E-state index in [1.54, 1.807) is 6.07 Å². The highest BCUT2D eigenvalue weighted by Gasteiger charge is 2.41. The molecule has 0 saturated carbocycles. The van der Waals surface area contributed by atoms with Gasteiger partial charge in [-0.3, -0.25) is 9.69 Å². The van der Waals surface area contributed by atoms with Crippen molar-refractivity contribution in [2.75, 3.05) is 50.9 Å². The predicted molar refractivity (Wildman–Crippen MR) is 192 cm³/mol. The van der Waals surface area contributed by atoms with Gasteiger partial charge in [0.1, 0.15) is 0 Å². The molecule has 0 amide bonds. The van der Waals surface area contributed by atoms with E-state index in [2.05, 4.69) is 92.5 Å². The van der Waals surface area contributed by atoms with Gasteiger partial charge in [-0.2, -0.15) is 5.26 Å². The number of rotatable bonds is 6. The Hall–Kier alpha value is -3.40. The highest BCUT2D eigenvalue weighted by Crippen LogP contribution is 2.46. The van der Waals surface area contributed by atoms with Gasteiger partial charge < -0.3 is 19.0 Å². The Bertz CT molecular complexity index is 1770. The summed E-state index contributed by atoms with van der Waals surface area (Å²) in [5.74, 6) is 7.00. The number of nitrogens with one attached hydrogen (secondary N) is 1. The van der Waals surface area contributed by atoms with Crippen LogP contribution >= 0.6 is 0 Å². The van der Waals surface area contributed by atoms with E-state index in [-0.39, 0.29) is 10.8 Å². The van der Waals surface area contributed by atoms with Crippen molar-refractivity contribution < 1.29 is 14.0 Å². The van der Waals surface area contributed by atoms with Crippen molar-refractivity contribution >= 4 is 30.7 Å². The normalized spacial score (nSPS) is 18.8. The maximum atomic E-state index is 14.3. The van der Waals surface area contributed by atoms with E-state index in [9.17, 15) is 10.1 Å². The minimum Gasteiger partial charge on any atom is -0.417 e. The third-order valence-corrected chi connectivity index (χ3v) is 15.7. The number of carbonyl (C=O) groups is 1. The molecule has 6 rings (SSSR count). The Labute approximate surface area is 281 Å². The fraction of sp³-hybridized carbons (Fsp3) is 0.538. The number of H-pyrrole nitrogens is 1. The molecule has 0 radical (unpaired) electrons. The Morgan fingerprint density at radius 1 is 1.09 bits per heavy atom. The summed E-state index contributed by atoms with van der Waals surface area (Å²) in [6, 6.07) is 12.7. The number of nitrogens with zero attached hydrogens (tertiary/aromatic N) is 3. The van der Waals surface area contributed by atoms with E-state index in [1.807, 2.05) is 12.1 Å². The number of morpholine rings is 1. The third-order valence-electron chi connectivity index (χ3n) is 11.1.